The molecule has 0 saturated heterocycles. The van der Waals surface area contributed by atoms with Gasteiger partial charge < -0.3 is 15.4 Å². The van der Waals surface area contributed by atoms with Gasteiger partial charge in [0.25, 0.3) is 0 Å². The van der Waals surface area contributed by atoms with Crippen molar-refractivity contribution >= 4 is 23.3 Å². The van der Waals surface area contributed by atoms with E-state index in [4.69, 9.17) is 16.3 Å². The second kappa shape index (κ2) is 7.49. The number of carbonyl (C=O) groups is 1. The number of para-hydroxylation sites is 1. The van der Waals surface area contributed by atoms with Crippen molar-refractivity contribution in [3.63, 3.8) is 0 Å². The van der Waals surface area contributed by atoms with Crippen LogP contribution < -0.4 is 10.6 Å². The van der Waals surface area contributed by atoms with Gasteiger partial charge in [0.2, 0.25) is 0 Å². The van der Waals surface area contributed by atoms with Gasteiger partial charge in [0.05, 0.1) is 6.54 Å². The van der Waals surface area contributed by atoms with E-state index in [-0.39, 0.29) is 6.03 Å². The molecule has 122 valence electrons. The number of rotatable bonds is 5. The fourth-order valence-corrected chi connectivity index (χ4v) is 2.43. The van der Waals surface area contributed by atoms with Crippen molar-refractivity contribution in [2.45, 2.75) is 19.4 Å². The van der Waals surface area contributed by atoms with Gasteiger partial charge in [0.15, 0.2) is 0 Å². The average molecular weight is 333 g/mol. The number of nitrogens with one attached hydrogen (secondary N) is 2. The molecular formula is C18H21ClN2O2. The molecule has 0 saturated carbocycles. The SMILES string of the molecule is CO[C@@](C)(CNC(=O)Nc1ccccc1C)c1cccc(Cl)c1. The molecule has 0 heterocycles. The summed E-state index contributed by atoms with van der Waals surface area (Å²) in [4.78, 5) is 12.1. The van der Waals surface area contributed by atoms with Crippen LogP contribution in [0.15, 0.2) is 48.5 Å². The maximum Gasteiger partial charge on any atom is 0.319 e. The van der Waals surface area contributed by atoms with Crippen LogP contribution in [0.25, 0.3) is 0 Å². The van der Waals surface area contributed by atoms with Crippen molar-refractivity contribution < 1.29 is 9.53 Å². The Bertz CT molecular complexity index is 690. The predicted octanol–water partition coefficient (Wildman–Crippen LogP) is 4.33. The molecule has 1 atom stereocenters. The molecule has 2 N–H and O–H groups in total. The van der Waals surface area contributed by atoms with E-state index in [1.807, 2.05) is 56.3 Å². The summed E-state index contributed by atoms with van der Waals surface area (Å²) in [5.74, 6) is 0. The number of methoxy groups -OCH3 is 1. The summed E-state index contributed by atoms with van der Waals surface area (Å²) in [6, 6.07) is 14.8. The summed E-state index contributed by atoms with van der Waals surface area (Å²) in [6.45, 7) is 4.18. The third-order valence-corrected chi connectivity index (χ3v) is 4.10. The minimum absolute atomic E-state index is 0.274. The molecule has 2 aromatic carbocycles. The van der Waals surface area contributed by atoms with Crippen LogP contribution in [0.2, 0.25) is 5.02 Å². The molecule has 2 aromatic rings. The monoisotopic (exact) mass is 332 g/mol. The quantitative estimate of drug-likeness (QED) is 0.856. The Kier molecular flexibility index (Phi) is 5.64. The number of anilines is 1. The van der Waals surface area contributed by atoms with Gasteiger partial charge in [-0.25, -0.2) is 4.79 Å². The van der Waals surface area contributed by atoms with Gasteiger partial charge in [0.1, 0.15) is 5.60 Å². The lowest BCUT2D eigenvalue weighted by Crippen LogP contribution is -2.41. The predicted molar refractivity (Wildman–Crippen MR) is 94.0 cm³/mol. The Hall–Kier alpha value is -2.04. The molecule has 5 heteroatoms. The molecule has 0 aromatic heterocycles. The van der Waals surface area contributed by atoms with Crippen molar-refractivity contribution in [1.82, 2.24) is 5.32 Å². The highest BCUT2D eigenvalue weighted by Gasteiger charge is 2.27. The van der Waals surface area contributed by atoms with Crippen LogP contribution in [0, 0.1) is 6.92 Å². The summed E-state index contributed by atoms with van der Waals surface area (Å²) in [7, 11) is 1.61. The van der Waals surface area contributed by atoms with E-state index in [9.17, 15) is 4.79 Å². The maximum absolute atomic E-state index is 12.1. The third-order valence-electron chi connectivity index (χ3n) is 3.87. The van der Waals surface area contributed by atoms with Gasteiger partial charge >= 0.3 is 6.03 Å². The lowest BCUT2D eigenvalue weighted by atomic mass is 9.96. The number of amides is 2. The highest BCUT2D eigenvalue weighted by Crippen LogP contribution is 2.26. The first-order chi connectivity index (χ1) is 10.9. The number of aryl methyl sites for hydroxylation is 1. The van der Waals surface area contributed by atoms with Gasteiger partial charge in [-0.2, -0.15) is 0 Å². The smallest absolute Gasteiger partial charge is 0.319 e. The summed E-state index contributed by atoms with van der Waals surface area (Å²) >= 11 is 6.04. The molecular weight excluding hydrogens is 312 g/mol. The topological polar surface area (TPSA) is 50.4 Å². The Morgan fingerprint density at radius 2 is 1.96 bits per heavy atom. The van der Waals surface area contributed by atoms with Crippen molar-refractivity contribution in [1.29, 1.82) is 0 Å². The zero-order valence-electron chi connectivity index (χ0n) is 13.5. The van der Waals surface area contributed by atoms with Crippen molar-refractivity contribution in [2.75, 3.05) is 19.0 Å². The second-order valence-electron chi connectivity index (χ2n) is 5.57. The summed E-state index contributed by atoms with van der Waals surface area (Å²) < 4.78 is 5.60. The van der Waals surface area contributed by atoms with Crippen molar-refractivity contribution in [2.24, 2.45) is 0 Å². The molecule has 0 fully saturated rings. The van der Waals surface area contributed by atoms with E-state index in [1.54, 1.807) is 13.2 Å². The first-order valence-electron chi connectivity index (χ1n) is 7.36. The molecule has 0 bridgehead atoms. The van der Waals surface area contributed by atoms with Crippen LogP contribution in [-0.2, 0) is 10.3 Å². The first-order valence-corrected chi connectivity index (χ1v) is 7.74. The standard InChI is InChI=1S/C18H21ClN2O2/c1-13-7-4-5-10-16(13)21-17(22)20-12-18(2,23-3)14-8-6-9-15(19)11-14/h4-11H,12H2,1-3H3,(H2,20,21,22)/t18-/m0/s1. The van der Waals surface area contributed by atoms with Crippen LogP contribution >= 0.6 is 11.6 Å². The Morgan fingerprint density at radius 1 is 1.22 bits per heavy atom. The molecule has 4 nitrogen and oxygen atoms in total. The van der Waals surface area contributed by atoms with Crippen LogP contribution in [0.5, 0.6) is 0 Å². The van der Waals surface area contributed by atoms with E-state index in [2.05, 4.69) is 10.6 Å². The Labute approximate surface area is 141 Å². The van der Waals surface area contributed by atoms with Crippen molar-refractivity contribution in [3.8, 4) is 0 Å². The molecule has 0 aliphatic rings. The van der Waals surface area contributed by atoms with Gasteiger partial charge in [-0.05, 0) is 43.2 Å². The highest BCUT2D eigenvalue weighted by molar-refractivity contribution is 6.30. The molecule has 0 aliphatic heterocycles. The number of hydrogen-bond donors (Lipinski definition) is 2. The van der Waals surface area contributed by atoms with E-state index < -0.39 is 5.60 Å². The third kappa shape index (κ3) is 4.47. The Morgan fingerprint density at radius 3 is 2.61 bits per heavy atom. The molecule has 0 radical (unpaired) electrons. The fourth-order valence-electron chi connectivity index (χ4n) is 2.24. The lowest BCUT2D eigenvalue weighted by Gasteiger charge is -2.29. The van der Waals surface area contributed by atoms with Crippen LogP contribution in [0.1, 0.15) is 18.1 Å². The molecule has 0 spiro atoms. The number of carbonyl (C=O) groups excluding carboxylic acids is 1. The zero-order chi connectivity index (χ0) is 16.9. The van der Waals surface area contributed by atoms with Gasteiger partial charge in [-0.15, -0.1) is 0 Å². The largest absolute Gasteiger partial charge is 0.372 e. The summed E-state index contributed by atoms with van der Waals surface area (Å²) in [5, 5.41) is 6.32. The van der Waals surface area contributed by atoms with Crippen molar-refractivity contribution in [3.05, 3.63) is 64.7 Å². The second-order valence-corrected chi connectivity index (χ2v) is 6.00. The molecule has 2 amide bonds. The fraction of sp³-hybridized carbons (Fsp3) is 0.278. The van der Waals surface area contributed by atoms with E-state index >= 15 is 0 Å². The van der Waals surface area contributed by atoms with E-state index in [0.29, 0.717) is 11.6 Å². The van der Waals surface area contributed by atoms with Gasteiger partial charge in [-0.1, -0.05) is 41.9 Å². The summed E-state index contributed by atoms with van der Waals surface area (Å²) in [5.41, 5.74) is 2.04. The number of hydrogen-bond acceptors (Lipinski definition) is 2. The number of benzene rings is 2. The van der Waals surface area contributed by atoms with Gasteiger partial charge in [-0.3, -0.25) is 0 Å². The average Bonchev–Trinajstić information content (AvgIpc) is 2.55. The Balaban J connectivity index is 2.02. The van der Waals surface area contributed by atoms with Gasteiger partial charge in [0, 0.05) is 17.8 Å². The molecule has 2 rings (SSSR count). The minimum atomic E-state index is -0.659. The maximum atomic E-state index is 12.1. The highest BCUT2D eigenvalue weighted by atomic mass is 35.5. The van der Waals surface area contributed by atoms with E-state index in [1.165, 1.54) is 0 Å². The molecule has 23 heavy (non-hydrogen) atoms. The summed E-state index contributed by atoms with van der Waals surface area (Å²) in [6.07, 6.45) is 0. The minimum Gasteiger partial charge on any atom is -0.372 e. The number of urea groups is 1. The number of ether oxygens (including phenoxy) is 1. The van der Waals surface area contributed by atoms with E-state index in [0.717, 1.165) is 16.8 Å². The number of halogens is 1. The van der Waals surface area contributed by atoms with Crippen LogP contribution in [0.3, 0.4) is 0 Å². The lowest BCUT2D eigenvalue weighted by molar-refractivity contribution is 0.00521. The first kappa shape index (κ1) is 17.3. The zero-order valence-corrected chi connectivity index (χ0v) is 14.3. The normalized spacial score (nSPS) is 13.2. The van der Waals surface area contributed by atoms with Crippen LogP contribution in [-0.4, -0.2) is 19.7 Å². The molecule has 0 unspecified atom stereocenters. The van der Waals surface area contributed by atoms with Crippen LogP contribution in [0.4, 0.5) is 10.5 Å². The molecule has 0 aliphatic carbocycles.